The van der Waals surface area contributed by atoms with Crippen molar-refractivity contribution >= 4 is 20.9 Å². The molecule has 0 spiro atoms. The Hall–Kier alpha value is -1.78. The first kappa shape index (κ1) is 16.6. The van der Waals surface area contributed by atoms with E-state index >= 15 is 0 Å². The Kier molecular flexibility index (Phi) is 5.63. The predicted molar refractivity (Wildman–Crippen MR) is 78.3 cm³/mol. The van der Waals surface area contributed by atoms with Gasteiger partial charge in [0.1, 0.15) is 0 Å². The number of carbonyl (C=O) groups excluding carboxylic acids is 1. The van der Waals surface area contributed by atoms with E-state index in [-0.39, 0.29) is 6.61 Å². The third-order valence-electron chi connectivity index (χ3n) is 2.81. The van der Waals surface area contributed by atoms with Crippen molar-refractivity contribution in [1.82, 2.24) is 0 Å². The Labute approximate surface area is 132 Å². The Balaban J connectivity index is 1.86. The molecule has 0 atom stereocenters. The van der Waals surface area contributed by atoms with Gasteiger partial charge in [-0.1, -0.05) is 0 Å². The summed E-state index contributed by atoms with van der Waals surface area (Å²) in [6, 6.07) is 17.1. The molecule has 2 aromatic rings. The number of rotatable bonds is 5. The molecule has 0 saturated heterocycles. The number of esters is 1. The standard InChI is InChI=1S/C16H13F3O2Se/c17-16(18,19)22-11-15(20)21-10-12-6-8-14(9-7-12)13-4-2-1-3-5-13/h1-9H,10-11H2. The average molecular weight is 373 g/mol. The molecule has 0 fully saturated rings. The van der Waals surface area contributed by atoms with Crippen molar-refractivity contribution in [2.45, 2.75) is 17.0 Å². The second kappa shape index (κ2) is 7.47. The summed E-state index contributed by atoms with van der Waals surface area (Å²) >= 11 is -1.72. The minimum atomic E-state index is -4.27. The van der Waals surface area contributed by atoms with Crippen LogP contribution in [0.5, 0.6) is 0 Å². The molecule has 0 aliphatic rings. The second-order valence-electron chi connectivity index (χ2n) is 4.46. The van der Waals surface area contributed by atoms with E-state index in [1.165, 1.54) is 0 Å². The van der Waals surface area contributed by atoms with E-state index in [4.69, 9.17) is 4.74 Å². The van der Waals surface area contributed by atoms with Gasteiger partial charge in [0.25, 0.3) is 0 Å². The van der Waals surface area contributed by atoms with E-state index < -0.39 is 31.3 Å². The molecule has 2 nitrogen and oxygen atoms in total. The minimum absolute atomic E-state index is 0.0121. The Morgan fingerprint density at radius 2 is 1.55 bits per heavy atom. The van der Waals surface area contributed by atoms with Gasteiger partial charge in [-0.05, 0) is 0 Å². The van der Waals surface area contributed by atoms with Crippen molar-refractivity contribution in [3.63, 3.8) is 0 Å². The van der Waals surface area contributed by atoms with Gasteiger partial charge in [-0.15, -0.1) is 0 Å². The quantitative estimate of drug-likeness (QED) is 0.584. The first-order chi connectivity index (χ1) is 10.4. The molecular formula is C16H13F3O2Se. The molecule has 2 aromatic carbocycles. The molecule has 0 aromatic heterocycles. The first-order valence-corrected chi connectivity index (χ1v) is 8.51. The number of alkyl halides is 3. The van der Waals surface area contributed by atoms with Gasteiger partial charge in [0.2, 0.25) is 0 Å². The van der Waals surface area contributed by atoms with Crippen molar-refractivity contribution in [3.8, 4) is 11.1 Å². The topological polar surface area (TPSA) is 26.3 Å². The van der Waals surface area contributed by atoms with Gasteiger partial charge >= 0.3 is 132 Å². The molecule has 0 aliphatic heterocycles. The molecule has 0 heterocycles. The van der Waals surface area contributed by atoms with Gasteiger partial charge in [0, 0.05) is 0 Å². The second-order valence-corrected chi connectivity index (χ2v) is 6.64. The van der Waals surface area contributed by atoms with E-state index in [1.807, 2.05) is 42.5 Å². The summed E-state index contributed by atoms with van der Waals surface area (Å²) in [6.07, 6.45) is 0. The summed E-state index contributed by atoms with van der Waals surface area (Å²) in [7, 11) is 0. The molecule has 22 heavy (non-hydrogen) atoms. The molecule has 6 heteroatoms. The number of ether oxygens (including phenoxy) is 1. The zero-order valence-electron chi connectivity index (χ0n) is 11.5. The number of benzene rings is 2. The van der Waals surface area contributed by atoms with Crippen molar-refractivity contribution in [3.05, 3.63) is 60.2 Å². The Bertz CT molecular complexity index is 610. The van der Waals surface area contributed by atoms with E-state index in [1.54, 1.807) is 12.1 Å². The van der Waals surface area contributed by atoms with Crippen LogP contribution >= 0.6 is 0 Å². The maximum absolute atomic E-state index is 12.0. The number of hydrogen-bond acceptors (Lipinski definition) is 2. The van der Waals surface area contributed by atoms with Crippen LogP contribution in [0, 0.1) is 0 Å². The van der Waals surface area contributed by atoms with Crippen molar-refractivity contribution < 1.29 is 22.7 Å². The molecule has 0 bridgehead atoms. The van der Waals surface area contributed by atoms with E-state index in [9.17, 15) is 18.0 Å². The summed E-state index contributed by atoms with van der Waals surface area (Å²) in [4.78, 5) is 11.2. The molecular weight excluding hydrogens is 360 g/mol. The summed E-state index contributed by atoms with van der Waals surface area (Å²) in [5, 5.41) is -4.86. The Morgan fingerprint density at radius 1 is 0.955 bits per heavy atom. The molecule has 0 aliphatic carbocycles. The fraction of sp³-hybridized carbons (Fsp3) is 0.188. The van der Waals surface area contributed by atoms with Gasteiger partial charge in [0.05, 0.1) is 0 Å². The molecule has 0 unspecified atom stereocenters. The third-order valence-corrected chi connectivity index (χ3v) is 4.30. The van der Waals surface area contributed by atoms with Crippen LogP contribution in [-0.2, 0) is 16.1 Å². The fourth-order valence-corrected chi connectivity index (χ4v) is 2.54. The van der Waals surface area contributed by atoms with Gasteiger partial charge in [-0.2, -0.15) is 0 Å². The maximum atomic E-state index is 12.0. The number of carbonyl (C=O) groups is 1. The van der Waals surface area contributed by atoms with Crippen LogP contribution in [0.1, 0.15) is 5.56 Å². The van der Waals surface area contributed by atoms with Gasteiger partial charge in [-0.3, -0.25) is 0 Å². The molecule has 2 rings (SSSR count). The van der Waals surface area contributed by atoms with Crippen LogP contribution in [0.15, 0.2) is 54.6 Å². The average Bonchev–Trinajstić information content (AvgIpc) is 2.51. The summed E-state index contributed by atoms with van der Waals surface area (Å²) < 4.78 is 40.9. The third kappa shape index (κ3) is 5.54. The SMILES string of the molecule is O=C(C[Se]C(F)(F)F)OCc1ccc(-c2ccccc2)cc1. The fourth-order valence-electron chi connectivity index (χ4n) is 1.77. The van der Waals surface area contributed by atoms with Crippen LogP contribution in [0.3, 0.4) is 0 Å². The van der Waals surface area contributed by atoms with Gasteiger partial charge < -0.3 is 0 Å². The molecule has 0 amide bonds. The van der Waals surface area contributed by atoms with Crippen molar-refractivity contribution in [1.29, 1.82) is 0 Å². The zero-order chi connectivity index (χ0) is 16.0. The molecule has 0 N–H and O–H groups in total. The van der Waals surface area contributed by atoms with Crippen molar-refractivity contribution in [2.75, 3.05) is 0 Å². The summed E-state index contributed by atoms with van der Waals surface area (Å²) in [6.45, 7) is -0.0121. The van der Waals surface area contributed by atoms with Crippen molar-refractivity contribution in [2.24, 2.45) is 0 Å². The van der Waals surface area contributed by atoms with E-state index in [0.29, 0.717) is 0 Å². The number of halogens is 3. The van der Waals surface area contributed by atoms with Crippen LogP contribution in [0.25, 0.3) is 11.1 Å². The molecule has 116 valence electrons. The monoisotopic (exact) mass is 374 g/mol. The van der Waals surface area contributed by atoms with Crippen LogP contribution in [-0.4, -0.2) is 26.0 Å². The molecule has 0 saturated carbocycles. The number of hydrogen-bond donors (Lipinski definition) is 0. The summed E-state index contributed by atoms with van der Waals surface area (Å²) in [5.41, 5.74) is 2.84. The van der Waals surface area contributed by atoms with Gasteiger partial charge in [0.15, 0.2) is 0 Å². The van der Waals surface area contributed by atoms with Crippen LogP contribution in [0.4, 0.5) is 13.2 Å². The van der Waals surface area contributed by atoms with E-state index in [0.717, 1.165) is 16.7 Å². The normalized spacial score (nSPS) is 11.2. The predicted octanol–water partition coefficient (Wildman–Crippen LogP) is 4.04. The Morgan fingerprint density at radius 3 is 2.14 bits per heavy atom. The molecule has 0 radical (unpaired) electrons. The van der Waals surface area contributed by atoms with Crippen LogP contribution in [0.2, 0.25) is 5.32 Å². The van der Waals surface area contributed by atoms with Crippen LogP contribution < -0.4 is 0 Å². The zero-order valence-corrected chi connectivity index (χ0v) is 13.2. The first-order valence-electron chi connectivity index (χ1n) is 6.45. The van der Waals surface area contributed by atoms with Gasteiger partial charge in [-0.25, -0.2) is 0 Å². The summed E-state index contributed by atoms with van der Waals surface area (Å²) in [5.74, 6) is -0.815. The van der Waals surface area contributed by atoms with E-state index in [2.05, 4.69) is 0 Å².